The van der Waals surface area contributed by atoms with E-state index in [-0.39, 0.29) is 11.9 Å². The minimum Gasteiger partial charge on any atom is -0.466 e. The minimum absolute atomic E-state index is 0.0195. The topological polar surface area (TPSA) is 51.2 Å². The molecule has 2 rings (SSSR count). The summed E-state index contributed by atoms with van der Waals surface area (Å²) in [4.78, 5) is 16.0. The Labute approximate surface area is 118 Å². The molecule has 2 atom stereocenters. The lowest BCUT2D eigenvalue weighted by molar-refractivity contribution is -0.149. The highest BCUT2D eigenvalue weighted by Crippen LogP contribution is 2.25. The van der Waals surface area contributed by atoms with Crippen molar-refractivity contribution in [3.8, 4) is 0 Å². The van der Waals surface area contributed by atoms with E-state index in [0.29, 0.717) is 12.6 Å². The van der Waals surface area contributed by atoms with Crippen molar-refractivity contribution in [2.75, 3.05) is 13.2 Å². The van der Waals surface area contributed by atoms with Crippen molar-refractivity contribution >= 4 is 17.3 Å². The number of nitrogens with zero attached hydrogens (tertiary/aromatic N) is 1. The molecule has 1 heterocycles. The summed E-state index contributed by atoms with van der Waals surface area (Å²) in [5.74, 6) is 0.0694. The van der Waals surface area contributed by atoms with Crippen molar-refractivity contribution < 1.29 is 9.53 Å². The van der Waals surface area contributed by atoms with Crippen molar-refractivity contribution in [2.24, 2.45) is 5.92 Å². The Balaban J connectivity index is 1.70. The number of ether oxygens (including phenoxy) is 1. The molecular formula is C14H22N2O2S. The highest BCUT2D eigenvalue weighted by molar-refractivity contribution is 7.09. The fourth-order valence-corrected chi connectivity index (χ4v) is 3.23. The molecule has 0 amide bonds. The number of esters is 1. The minimum atomic E-state index is -0.0195. The Bertz CT molecular complexity index is 381. The van der Waals surface area contributed by atoms with E-state index in [0.717, 1.165) is 38.6 Å². The highest BCUT2D eigenvalue weighted by atomic mass is 32.1. The van der Waals surface area contributed by atoms with Gasteiger partial charge in [0.2, 0.25) is 0 Å². The second-order valence-electron chi connectivity index (χ2n) is 4.94. The second kappa shape index (κ2) is 7.60. The van der Waals surface area contributed by atoms with Crippen molar-refractivity contribution in [1.82, 2.24) is 10.3 Å². The first-order valence-corrected chi connectivity index (χ1v) is 7.96. The van der Waals surface area contributed by atoms with E-state index in [1.54, 1.807) is 11.3 Å². The molecule has 0 aromatic carbocycles. The molecule has 0 aliphatic heterocycles. The van der Waals surface area contributed by atoms with Crippen LogP contribution >= 0.6 is 11.3 Å². The zero-order valence-electron chi connectivity index (χ0n) is 11.4. The van der Waals surface area contributed by atoms with Crippen LogP contribution in [0.2, 0.25) is 0 Å². The van der Waals surface area contributed by atoms with Gasteiger partial charge in [-0.1, -0.05) is 6.42 Å². The molecule has 1 aliphatic rings. The summed E-state index contributed by atoms with van der Waals surface area (Å²) in [6.45, 7) is 3.29. The number of thiazole rings is 1. The average Bonchev–Trinajstić information content (AvgIpc) is 2.93. The molecule has 2 unspecified atom stereocenters. The van der Waals surface area contributed by atoms with Crippen molar-refractivity contribution in [2.45, 2.75) is 45.1 Å². The van der Waals surface area contributed by atoms with Gasteiger partial charge in [-0.25, -0.2) is 4.98 Å². The van der Waals surface area contributed by atoms with E-state index in [1.807, 2.05) is 18.5 Å². The molecule has 0 radical (unpaired) electrons. The third-order valence-corrected chi connectivity index (χ3v) is 4.39. The summed E-state index contributed by atoms with van der Waals surface area (Å²) in [5.41, 5.74) is 0. The van der Waals surface area contributed by atoms with E-state index in [1.165, 1.54) is 5.01 Å². The normalized spacial score (nSPS) is 23.2. The first kappa shape index (κ1) is 14.5. The Morgan fingerprint density at radius 1 is 1.58 bits per heavy atom. The molecular weight excluding hydrogens is 260 g/mol. The number of hydrogen-bond donors (Lipinski definition) is 1. The molecule has 4 nitrogen and oxygen atoms in total. The summed E-state index contributed by atoms with van der Waals surface area (Å²) >= 11 is 1.70. The van der Waals surface area contributed by atoms with Crippen molar-refractivity contribution in [1.29, 1.82) is 0 Å². The van der Waals surface area contributed by atoms with Gasteiger partial charge in [0.15, 0.2) is 0 Å². The van der Waals surface area contributed by atoms with E-state index < -0.39 is 0 Å². The third-order valence-electron chi connectivity index (χ3n) is 3.55. The first-order valence-electron chi connectivity index (χ1n) is 7.08. The molecule has 0 spiro atoms. The summed E-state index contributed by atoms with van der Waals surface area (Å²) in [6, 6.07) is 0.447. The molecule has 1 fully saturated rings. The van der Waals surface area contributed by atoms with Crippen LogP contribution in [0.3, 0.4) is 0 Å². The Hall–Kier alpha value is -0.940. The van der Waals surface area contributed by atoms with Crippen LogP contribution < -0.4 is 5.32 Å². The van der Waals surface area contributed by atoms with Gasteiger partial charge in [0.05, 0.1) is 17.5 Å². The lowest BCUT2D eigenvalue weighted by Crippen LogP contribution is -2.37. The van der Waals surface area contributed by atoms with Gasteiger partial charge in [-0.3, -0.25) is 4.79 Å². The van der Waals surface area contributed by atoms with E-state index in [9.17, 15) is 4.79 Å². The van der Waals surface area contributed by atoms with Gasteiger partial charge in [0.25, 0.3) is 0 Å². The third kappa shape index (κ3) is 4.58. The van der Waals surface area contributed by atoms with E-state index in [4.69, 9.17) is 4.74 Å². The Kier molecular flexibility index (Phi) is 5.79. The number of hydrogen-bond acceptors (Lipinski definition) is 5. The van der Waals surface area contributed by atoms with Crippen LogP contribution in [0.15, 0.2) is 11.6 Å². The summed E-state index contributed by atoms with van der Waals surface area (Å²) in [7, 11) is 0. The fourth-order valence-electron chi connectivity index (χ4n) is 2.61. The highest BCUT2D eigenvalue weighted by Gasteiger charge is 2.27. The molecule has 1 saturated carbocycles. The smallest absolute Gasteiger partial charge is 0.308 e. The molecule has 5 heteroatoms. The van der Waals surface area contributed by atoms with Crippen LogP contribution in [-0.2, 0) is 16.0 Å². The van der Waals surface area contributed by atoms with Gasteiger partial charge in [-0.05, 0) is 26.2 Å². The van der Waals surface area contributed by atoms with Crippen LogP contribution in [0.25, 0.3) is 0 Å². The van der Waals surface area contributed by atoms with Gasteiger partial charge < -0.3 is 10.1 Å². The largest absolute Gasteiger partial charge is 0.466 e. The summed E-state index contributed by atoms with van der Waals surface area (Å²) in [6.07, 6.45) is 6.97. The monoisotopic (exact) mass is 282 g/mol. The number of nitrogens with one attached hydrogen (secondary N) is 1. The van der Waals surface area contributed by atoms with Gasteiger partial charge in [-0.15, -0.1) is 11.3 Å². The SMILES string of the molecule is CCOC(=O)C1CCCC(NCCc2nccs2)C1. The summed E-state index contributed by atoms with van der Waals surface area (Å²) < 4.78 is 5.12. The maximum Gasteiger partial charge on any atom is 0.308 e. The van der Waals surface area contributed by atoms with Crippen LogP contribution in [-0.4, -0.2) is 30.1 Å². The average molecular weight is 282 g/mol. The van der Waals surface area contributed by atoms with E-state index in [2.05, 4.69) is 10.3 Å². The van der Waals surface area contributed by atoms with Crippen molar-refractivity contribution in [3.63, 3.8) is 0 Å². The lowest BCUT2D eigenvalue weighted by Gasteiger charge is -2.28. The zero-order chi connectivity index (χ0) is 13.5. The molecule has 0 saturated heterocycles. The number of carbonyl (C=O) groups is 1. The van der Waals surface area contributed by atoms with Gasteiger partial charge in [0.1, 0.15) is 0 Å². The first-order chi connectivity index (χ1) is 9.29. The number of carbonyl (C=O) groups excluding carboxylic acids is 1. The molecule has 1 aliphatic carbocycles. The quantitative estimate of drug-likeness (QED) is 0.814. The molecule has 106 valence electrons. The molecule has 1 N–H and O–H groups in total. The molecule has 1 aromatic heterocycles. The van der Waals surface area contributed by atoms with Crippen LogP contribution in [0, 0.1) is 5.92 Å². The van der Waals surface area contributed by atoms with E-state index >= 15 is 0 Å². The Morgan fingerprint density at radius 2 is 2.47 bits per heavy atom. The van der Waals surface area contributed by atoms with Crippen molar-refractivity contribution in [3.05, 3.63) is 16.6 Å². The van der Waals surface area contributed by atoms with Crippen LogP contribution in [0.4, 0.5) is 0 Å². The fraction of sp³-hybridized carbons (Fsp3) is 0.714. The maximum atomic E-state index is 11.7. The lowest BCUT2D eigenvalue weighted by atomic mass is 9.85. The van der Waals surface area contributed by atoms with Crippen LogP contribution in [0.1, 0.15) is 37.6 Å². The van der Waals surface area contributed by atoms with Gasteiger partial charge in [-0.2, -0.15) is 0 Å². The zero-order valence-corrected chi connectivity index (χ0v) is 12.2. The summed E-state index contributed by atoms with van der Waals surface area (Å²) in [5, 5.41) is 6.72. The molecule has 0 bridgehead atoms. The van der Waals surface area contributed by atoms with Gasteiger partial charge >= 0.3 is 5.97 Å². The Morgan fingerprint density at radius 3 is 3.21 bits per heavy atom. The second-order valence-corrected chi connectivity index (χ2v) is 5.92. The molecule has 19 heavy (non-hydrogen) atoms. The standard InChI is InChI=1S/C14H22N2O2S/c1-2-18-14(17)11-4-3-5-12(10-11)15-7-6-13-16-8-9-19-13/h8-9,11-12,15H,2-7,10H2,1H3. The predicted octanol–water partition coefficient (Wildman–Crippen LogP) is 2.40. The molecule has 1 aromatic rings. The van der Waals surface area contributed by atoms with Crippen LogP contribution in [0.5, 0.6) is 0 Å². The number of rotatable bonds is 6. The predicted molar refractivity (Wildman–Crippen MR) is 76.2 cm³/mol. The number of aromatic nitrogens is 1. The maximum absolute atomic E-state index is 11.7. The van der Waals surface area contributed by atoms with Gasteiger partial charge in [0, 0.05) is 30.6 Å².